The van der Waals surface area contributed by atoms with Gasteiger partial charge < -0.3 is 14.2 Å². The fourth-order valence-corrected chi connectivity index (χ4v) is 2.84. The van der Waals surface area contributed by atoms with E-state index in [0.717, 1.165) is 37.7 Å². The molecule has 2 aromatic rings. The Kier molecular flexibility index (Phi) is 5.72. The maximum absolute atomic E-state index is 5.86. The van der Waals surface area contributed by atoms with E-state index in [2.05, 4.69) is 36.1 Å². The lowest BCUT2D eigenvalue weighted by Crippen LogP contribution is -2.44. The molecule has 1 aliphatic heterocycles. The Bertz CT molecular complexity index is 624. The van der Waals surface area contributed by atoms with E-state index < -0.39 is 0 Å². The molecule has 0 bridgehead atoms. The summed E-state index contributed by atoms with van der Waals surface area (Å²) >= 11 is 0. The van der Waals surface area contributed by atoms with Crippen LogP contribution in [0.4, 0.5) is 0 Å². The minimum atomic E-state index is 0.110. The van der Waals surface area contributed by atoms with E-state index in [1.54, 1.807) is 7.11 Å². The van der Waals surface area contributed by atoms with Gasteiger partial charge in [0.15, 0.2) is 0 Å². The number of nitrogens with zero attached hydrogens (tertiary/aromatic N) is 1. The standard InChI is InChI=1S/C20H25NO3/c1-16-3-7-19(8-4-16)24-15-20-14-21(11-12-23-20)13-17-5-9-18(22-2)10-6-17/h3-10,20H,11-15H2,1-2H3. The Morgan fingerprint density at radius 1 is 1.04 bits per heavy atom. The van der Waals surface area contributed by atoms with Gasteiger partial charge in [0.1, 0.15) is 24.2 Å². The molecule has 128 valence electrons. The van der Waals surface area contributed by atoms with Gasteiger partial charge in [-0.3, -0.25) is 4.90 Å². The lowest BCUT2D eigenvalue weighted by Gasteiger charge is -2.32. The van der Waals surface area contributed by atoms with Gasteiger partial charge in [-0.25, -0.2) is 0 Å². The molecule has 0 amide bonds. The molecule has 0 N–H and O–H groups in total. The third-order valence-electron chi connectivity index (χ3n) is 4.25. The molecule has 0 radical (unpaired) electrons. The van der Waals surface area contributed by atoms with Crippen LogP contribution < -0.4 is 9.47 Å². The van der Waals surface area contributed by atoms with E-state index in [1.165, 1.54) is 11.1 Å². The molecule has 0 aromatic heterocycles. The summed E-state index contributed by atoms with van der Waals surface area (Å²) in [4.78, 5) is 2.41. The van der Waals surface area contributed by atoms with Crippen molar-refractivity contribution in [3.05, 3.63) is 59.7 Å². The Balaban J connectivity index is 1.49. The highest BCUT2D eigenvalue weighted by Gasteiger charge is 2.21. The minimum Gasteiger partial charge on any atom is -0.497 e. The smallest absolute Gasteiger partial charge is 0.119 e. The van der Waals surface area contributed by atoms with Crippen LogP contribution in [-0.4, -0.2) is 44.4 Å². The quantitative estimate of drug-likeness (QED) is 0.815. The molecule has 1 aliphatic rings. The van der Waals surface area contributed by atoms with Crippen LogP contribution in [0.2, 0.25) is 0 Å². The molecule has 2 aromatic carbocycles. The first-order valence-electron chi connectivity index (χ1n) is 8.39. The van der Waals surface area contributed by atoms with Gasteiger partial charge in [-0.05, 0) is 36.8 Å². The summed E-state index contributed by atoms with van der Waals surface area (Å²) in [5.74, 6) is 1.79. The Labute approximate surface area is 144 Å². The molecule has 4 nitrogen and oxygen atoms in total. The van der Waals surface area contributed by atoms with Crippen LogP contribution in [0.3, 0.4) is 0 Å². The van der Waals surface area contributed by atoms with E-state index in [4.69, 9.17) is 14.2 Å². The lowest BCUT2D eigenvalue weighted by atomic mass is 10.2. The fraction of sp³-hybridized carbons (Fsp3) is 0.400. The van der Waals surface area contributed by atoms with Crippen molar-refractivity contribution in [1.82, 2.24) is 4.90 Å². The highest BCUT2D eigenvalue weighted by molar-refractivity contribution is 5.27. The van der Waals surface area contributed by atoms with E-state index in [-0.39, 0.29) is 6.10 Å². The van der Waals surface area contributed by atoms with Crippen molar-refractivity contribution >= 4 is 0 Å². The number of hydrogen-bond acceptors (Lipinski definition) is 4. The maximum atomic E-state index is 5.86. The number of rotatable bonds is 6. The first-order chi connectivity index (χ1) is 11.7. The summed E-state index contributed by atoms with van der Waals surface area (Å²) in [5.41, 5.74) is 2.53. The minimum absolute atomic E-state index is 0.110. The van der Waals surface area contributed by atoms with Crippen LogP contribution in [0.1, 0.15) is 11.1 Å². The van der Waals surface area contributed by atoms with Crippen molar-refractivity contribution in [3.63, 3.8) is 0 Å². The first kappa shape index (κ1) is 16.8. The average Bonchev–Trinajstić information content (AvgIpc) is 2.62. The van der Waals surface area contributed by atoms with Crippen molar-refractivity contribution in [2.45, 2.75) is 19.6 Å². The maximum Gasteiger partial charge on any atom is 0.119 e. The molecule has 0 aliphatic carbocycles. The number of hydrogen-bond donors (Lipinski definition) is 0. The van der Waals surface area contributed by atoms with Gasteiger partial charge in [0.2, 0.25) is 0 Å². The van der Waals surface area contributed by atoms with Crippen molar-refractivity contribution in [2.24, 2.45) is 0 Å². The summed E-state index contributed by atoms with van der Waals surface area (Å²) in [6, 6.07) is 16.4. The van der Waals surface area contributed by atoms with E-state index in [9.17, 15) is 0 Å². The second kappa shape index (κ2) is 8.18. The first-order valence-corrected chi connectivity index (χ1v) is 8.39. The zero-order valence-electron chi connectivity index (χ0n) is 14.4. The monoisotopic (exact) mass is 327 g/mol. The predicted molar refractivity (Wildman–Crippen MR) is 94.7 cm³/mol. The van der Waals surface area contributed by atoms with Crippen molar-refractivity contribution in [2.75, 3.05) is 33.4 Å². The fourth-order valence-electron chi connectivity index (χ4n) is 2.84. The summed E-state index contributed by atoms with van der Waals surface area (Å²) in [6.07, 6.45) is 0.110. The molecule has 1 saturated heterocycles. The number of morpholine rings is 1. The summed E-state index contributed by atoms with van der Waals surface area (Å²) in [5, 5.41) is 0. The van der Waals surface area contributed by atoms with Gasteiger partial charge >= 0.3 is 0 Å². The van der Waals surface area contributed by atoms with Crippen molar-refractivity contribution in [3.8, 4) is 11.5 Å². The largest absolute Gasteiger partial charge is 0.497 e. The topological polar surface area (TPSA) is 30.9 Å². The molecule has 24 heavy (non-hydrogen) atoms. The van der Waals surface area contributed by atoms with Crippen LogP contribution in [0.25, 0.3) is 0 Å². The van der Waals surface area contributed by atoms with Gasteiger partial charge in [-0.2, -0.15) is 0 Å². The third-order valence-corrected chi connectivity index (χ3v) is 4.25. The Hall–Kier alpha value is -2.04. The Morgan fingerprint density at radius 2 is 1.75 bits per heavy atom. The zero-order valence-corrected chi connectivity index (χ0v) is 14.4. The van der Waals surface area contributed by atoms with Gasteiger partial charge in [-0.1, -0.05) is 29.8 Å². The second-order valence-corrected chi connectivity index (χ2v) is 6.20. The van der Waals surface area contributed by atoms with Crippen LogP contribution >= 0.6 is 0 Å². The number of aryl methyl sites for hydroxylation is 1. The highest BCUT2D eigenvalue weighted by Crippen LogP contribution is 2.16. The van der Waals surface area contributed by atoms with E-state index in [0.29, 0.717) is 6.61 Å². The van der Waals surface area contributed by atoms with E-state index in [1.807, 2.05) is 24.3 Å². The van der Waals surface area contributed by atoms with Crippen molar-refractivity contribution < 1.29 is 14.2 Å². The van der Waals surface area contributed by atoms with Gasteiger partial charge in [-0.15, -0.1) is 0 Å². The molecule has 0 saturated carbocycles. The predicted octanol–water partition coefficient (Wildman–Crippen LogP) is 3.28. The van der Waals surface area contributed by atoms with Crippen LogP contribution in [0.15, 0.2) is 48.5 Å². The number of methoxy groups -OCH3 is 1. The zero-order chi connectivity index (χ0) is 16.8. The summed E-state index contributed by atoms with van der Waals surface area (Å²) in [6.45, 7) is 6.17. The third kappa shape index (κ3) is 4.73. The van der Waals surface area contributed by atoms with Crippen molar-refractivity contribution in [1.29, 1.82) is 0 Å². The number of benzene rings is 2. The molecule has 1 fully saturated rings. The number of ether oxygens (including phenoxy) is 3. The van der Waals surface area contributed by atoms with Crippen LogP contribution in [0.5, 0.6) is 11.5 Å². The second-order valence-electron chi connectivity index (χ2n) is 6.20. The van der Waals surface area contributed by atoms with Crippen LogP contribution in [-0.2, 0) is 11.3 Å². The molecule has 3 rings (SSSR count). The lowest BCUT2D eigenvalue weighted by molar-refractivity contribution is -0.0504. The summed E-state index contributed by atoms with van der Waals surface area (Å²) < 4.78 is 16.9. The molecular weight excluding hydrogens is 302 g/mol. The van der Waals surface area contributed by atoms with Gasteiger partial charge in [0.25, 0.3) is 0 Å². The molecule has 0 spiro atoms. The molecular formula is C20H25NO3. The normalized spacial score (nSPS) is 18.3. The summed E-state index contributed by atoms with van der Waals surface area (Å²) in [7, 11) is 1.69. The SMILES string of the molecule is COc1ccc(CN2CCOC(COc3ccc(C)cc3)C2)cc1. The Morgan fingerprint density at radius 3 is 2.46 bits per heavy atom. The average molecular weight is 327 g/mol. The molecule has 4 heteroatoms. The molecule has 1 atom stereocenters. The highest BCUT2D eigenvalue weighted by atomic mass is 16.5. The molecule has 1 heterocycles. The van der Waals surface area contributed by atoms with Gasteiger partial charge in [0, 0.05) is 19.6 Å². The van der Waals surface area contributed by atoms with Crippen LogP contribution in [0, 0.1) is 6.92 Å². The molecule has 1 unspecified atom stereocenters. The van der Waals surface area contributed by atoms with Gasteiger partial charge in [0.05, 0.1) is 13.7 Å². The van der Waals surface area contributed by atoms with E-state index >= 15 is 0 Å².